The molecular weight excluding hydrogens is 470 g/mol. The molecule has 0 N–H and O–H groups in total. The number of anilines is 1. The molecule has 0 amide bonds. The zero-order valence-corrected chi connectivity index (χ0v) is 19.9. The summed E-state index contributed by atoms with van der Waals surface area (Å²) in [6, 6.07) is 11.8. The number of alkyl halides is 3. The van der Waals surface area contributed by atoms with Gasteiger partial charge < -0.3 is 9.80 Å². The molecule has 3 aromatic rings. The van der Waals surface area contributed by atoms with Gasteiger partial charge in [0.05, 0.1) is 11.1 Å². The summed E-state index contributed by atoms with van der Waals surface area (Å²) in [5.74, 6) is 0.413. The summed E-state index contributed by atoms with van der Waals surface area (Å²) in [7, 11) is 0. The van der Waals surface area contributed by atoms with Crippen LogP contribution in [0.3, 0.4) is 0 Å². The van der Waals surface area contributed by atoms with Gasteiger partial charge in [-0.2, -0.15) is 13.2 Å². The highest BCUT2D eigenvalue weighted by Crippen LogP contribution is 2.34. The Kier molecular flexibility index (Phi) is 7.20. The van der Waals surface area contributed by atoms with Gasteiger partial charge in [0.2, 0.25) is 0 Å². The molecule has 3 heterocycles. The minimum absolute atomic E-state index is 0.124. The van der Waals surface area contributed by atoms with Crippen molar-refractivity contribution in [1.82, 2.24) is 19.8 Å². The van der Waals surface area contributed by atoms with Crippen molar-refractivity contribution in [2.75, 3.05) is 50.7 Å². The maximum absolute atomic E-state index is 13.5. The monoisotopic (exact) mass is 498 g/mol. The van der Waals surface area contributed by atoms with E-state index in [1.807, 2.05) is 6.07 Å². The van der Waals surface area contributed by atoms with Crippen LogP contribution >= 0.6 is 0 Å². The minimum atomic E-state index is -4.37. The molecule has 2 aliphatic rings. The average Bonchev–Trinajstić information content (AvgIpc) is 3.41. The summed E-state index contributed by atoms with van der Waals surface area (Å²) in [5, 5.41) is 0. The highest BCUT2D eigenvalue weighted by Gasteiger charge is 2.33. The quantitative estimate of drug-likeness (QED) is 0.444. The van der Waals surface area contributed by atoms with Crippen molar-refractivity contribution in [3.63, 3.8) is 0 Å². The first kappa shape index (κ1) is 24.6. The standard InChI is InChI=1S/C27H28F4N5/c28-23-8-6-20(7-9-23)24-17-32-19-33-26(24)36-14-12-35(13-15-36)25(18-34-10-1-2-11-34)21-4-3-5-22(16-21)27(29,30)31/h3-9,16,19,25H,1-2,10-15,18H2. The molecule has 189 valence electrons. The Balaban J connectivity index is 1.36. The molecule has 2 aromatic carbocycles. The number of likely N-dealkylation sites (tertiary alicyclic amines) is 1. The van der Waals surface area contributed by atoms with Crippen molar-refractivity contribution in [2.24, 2.45) is 0 Å². The van der Waals surface area contributed by atoms with E-state index in [0.717, 1.165) is 43.4 Å². The summed E-state index contributed by atoms with van der Waals surface area (Å²) < 4.78 is 53.8. The lowest BCUT2D eigenvalue weighted by molar-refractivity contribution is -0.137. The second-order valence-electron chi connectivity index (χ2n) is 9.36. The summed E-state index contributed by atoms with van der Waals surface area (Å²) in [5.41, 5.74) is 1.58. The first-order valence-electron chi connectivity index (χ1n) is 12.3. The van der Waals surface area contributed by atoms with Crippen molar-refractivity contribution in [1.29, 1.82) is 0 Å². The highest BCUT2D eigenvalue weighted by atomic mass is 19.4. The number of rotatable bonds is 6. The molecule has 1 unspecified atom stereocenters. The van der Waals surface area contributed by atoms with Crippen molar-refractivity contribution in [2.45, 2.75) is 25.1 Å². The molecule has 1 atom stereocenters. The van der Waals surface area contributed by atoms with Crippen LogP contribution in [0, 0.1) is 12.0 Å². The molecule has 0 saturated carbocycles. The van der Waals surface area contributed by atoms with Gasteiger partial charge in [-0.1, -0.05) is 24.3 Å². The number of halogens is 4. The molecule has 2 fully saturated rings. The van der Waals surface area contributed by atoms with Crippen LogP contribution in [0.5, 0.6) is 0 Å². The molecule has 1 aromatic heterocycles. The molecule has 5 rings (SSSR count). The molecule has 0 aliphatic carbocycles. The third-order valence-electron chi connectivity index (χ3n) is 7.05. The van der Waals surface area contributed by atoms with Gasteiger partial charge in [0.25, 0.3) is 0 Å². The summed E-state index contributed by atoms with van der Waals surface area (Å²) in [6.07, 6.45) is 2.33. The van der Waals surface area contributed by atoms with Gasteiger partial charge in [0.1, 0.15) is 24.2 Å². The van der Waals surface area contributed by atoms with E-state index in [1.54, 1.807) is 12.1 Å². The lowest BCUT2D eigenvalue weighted by atomic mass is 10.0. The van der Waals surface area contributed by atoms with Gasteiger partial charge in [0.15, 0.2) is 0 Å². The number of aromatic nitrogens is 2. The maximum Gasteiger partial charge on any atom is 0.416 e. The van der Waals surface area contributed by atoms with Gasteiger partial charge in [-0.05, 0) is 61.3 Å². The number of piperazine rings is 1. The zero-order valence-electron chi connectivity index (χ0n) is 19.9. The van der Waals surface area contributed by atoms with E-state index < -0.39 is 11.7 Å². The van der Waals surface area contributed by atoms with E-state index in [0.29, 0.717) is 43.9 Å². The van der Waals surface area contributed by atoms with Crippen LogP contribution in [-0.2, 0) is 6.18 Å². The fourth-order valence-corrected chi connectivity index (χ4v) is 5.15. The maximum atomic E-state index is 13.5. The van der Waals surface area contributed by atoms with Crippen LogP contribution in [0.2, 0.25) is 0 Å². The number of hydrogen-bond acceptors (Lipinski definition) is 5. The Morgan fingerprint density at radius 1 is 0.917 bits per heavy atom. The fourth-order valence-electron chi connectivity index (χ4n) is 5.15. The molecule has 5 nitrogen and oxygen atoms in total. The predicted octanol–water partition coefficient (Wildman–Crippen LogP) is 5.06. The number of benzene rings is 2. The Morgan fingerprint density at radius 3 is 2.33 bits per heavy atom. The second kappa shape index (κ2) is 10.5. The zero-order chi connectivity index (χ0) is 25.1. The fraction of sp³-hybridized carbons (Fsp3) is 0.407. The first-order valence-corrected chi connectivity index (χ1v) is 12.3. The van der Waals surface area contributed by atoms with Crippen LogP contribution in [0.25, 0.3) is 11.1 Å². The Bertz CT molecular complexity index is 1150. The Morgan fingerprint density at radius 2 is 1.64 bits per heavy atom. The topological polar surface area (TPSA) is 35.5 Å². The molecule has 9 heteroatoms. The van der Waals surface area contributed by atoms with Gasteiger partial charge in [-0.15, -0.1) is 0 Å². The van der Waals surface area contributed by atoms with E-state index in [-0.39, 0.29) is 11.9 Å². The van der Waals surface area contributed by atoms with Crippen LogP contribution in [-0.4, -0.2) is 65.6 Å². The van der Waals surface area contributed by atoms with E-state index in [1.165, 1.54) is 30.6 Å². The third kappa shape index (κ3) is 5.52. The van der Waals surface area contributed by atoms with Gasteiger partial charge in [-0.25, -0.2) is 14.4 Å². The smallest absolute Gasteiger partial charge is 0.353 e. The van der Waals surface area contributed by atoms with Crippen molar-refractivity contribution < 1.29 is 17.6 Å². The highest BCUT2D eigenvalue weighted by molar-refractivity contribution is 5.74. The minimum Gasteiger partial charge on any atom is -0.353 e. The SMILES string of the molecule is Fc1ccc(-c2[c]ncnc2N2CCN(C(CN3CCCC3)c3cccc(C(F)(F)F)c3)CC2)cc1. The molecule has 1 radical (unpaired) electrons. The van der Waals surface area contributed by atoms with Crippen LogP contribution in [0.1, 0.15) is 30.0 Å². The number of hydrogen-bond donors (Lipinski definition) is 0. The second-order valence-corrected chi connectivity index (χ2v) is 9.36. The van der Waals surface area contributed by atoms with Crippen LogP contribution in [0.15, 0.2) is 54.9 Å². The van der Waals surface area contributed by atoms with E-state index in [2.05, 4.69) is 30.9 Å². The molecule has 0 spiro atoms. The molecule has 2 saturated heterocycles. The average molecular weight is 499 g/mol. The molecule has 0 bridgehead atoms. The first-order chi connectivity index (χ1) is 17.4. The number of nitrogens with zero attached hydrogens (tertiary/aromatic N) is 5. The summed E-state index contributed by atoms with van der Waals surface area (Å²) >= 11 is 0. The molecule has 2 aliphatic heterocycles. The van der Waals surface area contributed by atoms with E-state index >= 15 is 0 Å². The van der Waals surface area contributed by atoms with Gasteiger partial charge in [-0.3, -0.25) is 4.90 Å². The third-order valence-corrected chi connectivity index (χ3v) is 7.05. The molecule has 36 heavy (non-hydrogen) atoms. The van der Waals surface area contributed by atoms with E-state index in [4.69, 9.17) is 0 Å². The largest absolute Gasteiger partial charge is 0.416 e. The van der Waals surface area contributed by atoms with Crippen molar-refractivity contribution in [3.05, 3.63) is 78.0 Å². The van der Waals surface area contributed by atoms with E-state index in [9.17, 15) is 17.6 Å². The summed E-state index contributed by atoms with van der Waals surface area (Å²) in [4.78, 5) is 15.3. The van der Waals surface area contributed by atoms with Gasteiger partial charge >= 0.3 is 6.18 Å². The van der Waals surface area contributed by atoms with Crippen molar-refractivity contribution in [3.8, 4) is 11.1 Å². The van der Waals surface area contributed by atoms with Crippen molar-refractivity contribution >= 4 is 5.82 Å². The van der Waals surface area contributed by atoms with Crippen LogP contribution < -0.4 is 4.90 Å². The lowest BCUT2D eigenvalue weighted by Gasteiger charge is -2.41. The predicted molar refractivity (Wildman–Crippen MR) is 130 cm³/mol. The Hall–Kier alpha value is -3.04. The molecular formula is C27H28F4N5. The van der Waals surface area contributed by atoms with Gasteiger partial charge in [0, 0.05) is 38.8 Å². The lowest BCUT2D eigenvalue weighted by Crippen LogP contribution is -2.50. The summed E-state index contributed by atoms with van der Waals surface area (Å²) in [6.45, 7) is 5.36. The normalized spacial score (nSPS) is 18.5. The Labute approximate surface area is 208 Å². The van der Waals surface area contributed by atoms with Crippen LogP contribution in [0.4, 0.5) is 23.4 Å².